The maximum atomic E-state index is 4.95. The number of hydrogen-bond donors (Lipinski definition) is 2. The summed E-state index contributed by atoms with van der Waals surface area (Å²) < 4.78 is 0. The largest absolute Gasteiger partial charge is 0.333 e. The highest BCUT2D eigenvalue weighted by Gasteiger charge is 2.42. The first-order chi connectivity index (χ1) is 24.3. The summed E-state index contributed by atoms with van der Waals surface area (Å²) in [4.78, 5) is 9.24. The predicted molar refractivity (Wildman–Crippen MR) is 204 cm³/mol. The summed E-state index contributed by atoms with van der Waals surface area (Å²) in [6.07, 6.45) is 34.7. The van der Waals surface area contributed by atoms with E-state index in [1.807, 2.05) is 6.07 Å². The molecule has 0 aromatic heterocycles. The molecule has 1 fully saturated rings. The van der Waals surface area contributed by atoms with Crippen molar-refractivity contribution in [3.05, 3.63) is 171 Å². The van der Waals surface area contributed by atoms with Gasteiger partial charge < -0.3 is 10.3 Å². The number of aliphatic imine (C=N–C) groups is 1. The lowest BCUT2D eigenvalue weighted by Crippen LogP contribution is -2.33. The number of allylic oxidation sites excluding steroid dienone is 13. The second-order valence-corrected chi connectivity index (χ2v) is 15.7. The quantitative estimate of drug-likeness (QED) is 0.336. The van der Waals surface area contributed by atoms with E-state index in [9.17, 15) is 0 Å². The van der Waals surface area contributed by atoms with E-state index in [1.165, 1.54) is 36.2 Å². The Morgan fingerprint density at radius 2 is 1.78 bits per heavy atom. The number of nitrogens with zero attached hydrogens (tertiary/aromatic N) is 2. The average Bonchev–Trinajstić information content (AvgIpc) is 3.90. The second kappa shape index (κ2) is 12.2. The van der Waals surface area contributed by atoms with Crippen molar-refractivity contribution in [3.8, 4) is 0 Å². The maximum Gasteiger partial charge on any atom is 0.144 e. The Morgan fingerprint density at radius 1 is 0.878 bits per heavy atom. The molecule has 2 N–H and O–H groups in total. The summed E-state index contributed by atoms with van der Waals surface area (Å²) in [5.74, 6) is 2.79. The molecule has 8 aliphatic rings. The van der Waals surface area contributed by atoms with Crippen LogP contribution in [0, 0.1) is 17.8 Å². The Kier molecular flexibility index (Phi) is 7.38. The van der Waals surface area contributed by atoms with Crippen LogP contribution in [-0.4, -0.2) is 17.1 Å². The zero-order chi connectivity index (χ0) is 32.3. The van der Waals surface area contributed by atoms with Crippen LogP contribution in [0.4, 0.5) is 5.69 Å². The Balaban J connectivity index is 0.904. The first kappa shape index (κ1) is 29.6. The third kappa shape index (κ3) is 5.13. The molecule has 3 heterocycles. The van der Waals surface area contributed by atoms with Crippen LogP contribution >= 0.6 is 11.8 Å². The average molecular weight is 659 g/mol. The Hall–Kier alpha value is -4.32. The molecule has 1 saturated heterocycles. The van der Waals surface area contributed by atoms with Gasteiger partial charge in [-0.1, -0.05) is 96.7 Å². The number of fused-ring (bicyclic) bond motifs is 5. The van der Waals surface area contributed by atoms with Crippen molar-refractivity contribution in [1.29, 1.82) is 0 Å². The molecule has 0 spiro atoms. The fraction of sp³-hybridized carbons (Fsp3) is 0.295. The van der Waals surface area contributed by atoms with Crippen LogP contribution in [0.15, 0.2) is 165 Å². The van der Waals surface area contributed by atoms with Gasteiger partial charge in [0.2, 0.25) is 0 Å². The lowest BCUT2D eigenvalue weighted by Gasteiger charge is -2.35. The van der Waals surface area contributed by atoms with Gasteiger partial charge >= 0.3 is 0 Å². The van der Waals surface area contributed by atoms with E-state index in [1.54, 1.807) is 27.2 Å². The van der Waals surface area contributed by atoms with Gasteiger partial charge in [0.15, 0.2) is 0 Å². The fourth-order valence-electron chi connectivity index (χ4n) is 9.40. The molecule has 0 saturated carbocycles. The van der Waals surface area contributed by atoms with E-state index < -0.39 is 0 Å². The molecule has 4 nitrogen and oxygen atoms in total. The molecule has 6 atom stereocenters. The monoisotopic (exact) mass is 658 g/mol. The van der Waals surface area contributed by atoms with Gasteiger partial charge in [-0.2, -0.15) is 0 Å². The van der Waals surface area contributed by atoms with Crippen LogP contribution in [0.1, 0.15) is 62.2 Å². The summed E-state index contributed by atoms with van der Waals surface area (Å²) in [5.41, 5.74) is 19.4. The molecular formula is C44H42N4S. The number of rotatable bonds is 5. The predicted octanol–water partition coefficient (Wildman–Crippen LogP) is 9.70. The number of amidine groups is 1. The Labute approximate surface area is 294 Å². The van der Waals surface area contributed by atoms with Crippen LogP contribution in [-0.2, 0) is 0 Å². The van der Waals surface area contributed by atoms with Gasteiger partial charge in [0, 0.05) is 34.0 Å². The molecule has 2 aromatic rings. The standard InChI is InChI=1S/C44H42N4S/c1-2-10-28(11-3-1)43-45-44(47-46-43)29-20-23-33(24-21-29)48-39-18-6-4-14-35(39)36-25-22-31(27-40(36)48)30-12-8-13-32(26-30)34-16-9-17-38-37-15-5-7-19-41(37)49-42(34)38/h1-3,5-7,9-11,13,15-16,18-25,30,37-38,40-41,43,46H,4,8,12,14,17,26-27H2,(H,45,47). The molecule has 5 heteroatoms. The SMILES string of the molecule is C1=CC2SC3=C(C4=CCCC(C5=CC=C6C7=C(C=CCC7)N(c7ccc(C8=NC(c9ccccc9)NN8)cc7)C6C5)C4)C=CCC3C2C=C1. The van der Waals surface area contributed by atoms with Gasteiger partial charge in [-0.15, -0.1) is 11.8 Å². The lowest BCUT2D eigenvalue weighted by atomic mass is 9.74. The summed E-state index contributed by atoms with van der Waals surface area (Å²) in [6.45, 7) is 0. The van der Waals surface area contributed by atoms with E-state index >= 15 is 0 Å². The van der Waals surface area contributed by atoms with Gasteiger partial charge in [0.25, 0.3) is 0 Å². The topological polar surface area (TPSA) is 39.7 Å². The third-order valence-electron chi connectivity index (χ3n) is 11.8. The van der Waals surface area contributed by atoms with Gasteiger partial charge in [0.1, 0.15) is 12.0 Å². The number of hydrogen-bond acceptors (Lipinski definition) is 5. The molecule has 10 rings (SSSR count). The van der Waals surface area contributed by atoms with Crippen LogP contribution < -0.4 is 15.8 Å². The number of thioether (sulfide) groups is 1. The van der Waals surface area contributed by atoms with Crippen molar-refractivity contribution in [2.45, 2.75) is 62.4 Å². The molecule has 0 bridgehead atoms. The summed E-state index contributed by atoms with van der Waals surface area (Å²) in [7, 11) is 0. The highest BCUT2D eigenvalue weighted by atomic mass is 32.2. The van der Waals surface area contributed by atoms with Gasteiger partial charge in [-0.05, 0) is 114 Å². The highest BCUT2D eigenvalue weighted by molar-refractivity contribution is 8.04. The molecule has 5 aliphatic carbocycles. The van der Waals surface area contributed by atoms with Crippen LogP contribution in [0.2, 0.25) is 0 Å². The van der Waals surface area contributed by atoms with E-state index in [-0.39, 0.29) is 6.17 Å². The smallest absolute Gasteiger partial charge is 0.144 e. The number of anilines is 1. The molecule has 3 aliphatic heterocycles. The maximum absolute atomic E-state index is 4.95. The molecule has 0 radical (unpaired) electrons. The molecule has 6 unspecified atom stereocenters. The van der Waals surface area contributed by atoms with Crippen molar-refractivity contribution >= 4 is 23.3 Å². The minimum atomic E-state index is -0.0761. The van der Waals surface area contributed by atoms with Crippen LogP contribution in [0.5, 0.6) is 0 Å². The van der Waals surface area contributed by atoms with Crippen molar-refractivity contribution in [3.63, 3.8) is 0 Å². The molecular weight excluding hydrogens is 617 g/mol. The Morgan fingerprint density at radius 3 is 2.69 bits per heavy atom. The van der Waals surface area contributed by atoms with Crippen LogP contribution in [0.25, 0.3) is 0 Å². The van der Waals surface area contributed by atoms with E-state index in [2.05, 4.69) is 143 Å². The lowest BCUT2D eigenvalue weighted by molar-refractivity contribution is 0.490. The summed E-state index contributed by atoms with van der Waals surface area (Å²) in [5, 5.41) is 0.602. The number of nitrogens with one attached hydrogen (secondary N) is 2. The summed E-state index contributed by atoms with van der Waals surface area (Å²) in [6, 6.07) is 19.8. The molecule has 0 amide bonds. The van der Waals surface area contributed by atoms with Crippen molar-refractivity contribution in [1.82, 2.24) is 10.9 Å². The first-order valence-corrected chi connectivity index (χ1v) is 19.1. The normalized spacial score (nSPS) is 31.1. The van der Waals surface area contributed by atoms with E-state index in [0.29, 0.717) is 29.0 Å². The van der Waals surface area contributed by atoms with E-state index in [0.717, 1.165) is 42.6 Å². The van der Waals surface area contributed by atoms with Crippen LogP contribution in [0.3, 0.4) is 0 Å². The minimum absolute atomic E-state index is 0.0761. The van der Waals surface area contributed by atoms with Gasteiger partial charge in [-0.25, -0.2) is 10.4 Å². The second-order valence-electron chi connectivity index (χ2n) is 14.5. The number of hydrazine groups is 1. The first-order valence-electron chi connectivity index (χ1n) is 18.2. The van der Waals surface area contributed by atoms with Crippen molar-refractivity contribution in [2.75, 3.05) is 4.90 Å². The zero-order valence-electron chi connectivity index (χ0n) is 27.8. The van der Waals surface area contributed by atoms with E-state index in [4.69, 9.17) is 4.99 Å². The Bertz CT molecular complexity index is 2000. The zero-order valence-corrected chi connectivity index (χ0v) is 28.6. The highest BCUT2D eigenvalue weighted by Crippen LogP contribution is 2.55. The third-order valence-corrected chi connectivity index (χ3v) is 13.3. The van der Waals surface area contributed by atoms with Crippen molar-refractivity contribution < 1.29 is 0 Å². The fourth-order valence-corrected chi connectivity index (χ4v) is 11.1. The molecule has 244 valence electrons. The molecule has 2 aromatic carbocycles. The number of benzene rings is 2. The summed E-state index contributed by atoms with van der Waals surface area (Å²) >= 11 is 2.14. The van der Waals surface area contributed by atoms with Gasteiger partial charge in [-0.3, -0.25) is 0 Å². The van der Waals surface area contributed by atoms with Crippen molar-refractivity contribution in [2.24, 2.45) is 22.7 Å². The molecule has 49 heavy (non-hydrogen) atoms. The van der Waals surface area contributed by atoms with Gasteiger partial charge in [0.05, 0.1) is 6.04 Å². The minimum Gasteiger partial charge on any atom is -0.333 e.